The standard InChI is InChI=1S/C24H29NO5/c1-14(2)19-11-20-17(10-23(27)30-21(20)8-15(19)3)13-29-24(28)16-9-22(26)25(12-16)18-6-4-5-7-18/h8,10-11,14,16,18H,4-7,9,12-13H2,1-3H3/t16-/m0/s1. The van der Waals surface area contributed by atoms with Gasteiger partial charge in [0.05, 0.1) is 5.92 Å². The number of hydrogen-bond acceptors (Lipinski definition) is 5. The molecule has 1 aromatic heterocycles. The Morgan fingerprint density at radius 2 is 1.93 bits per heavy atom. The number of aryl methyl sites for hydroxylation is 1. The van der Waals surface area contributed by atoms with Gasteiger partial charge in [0.1, 0.15) is 12.2 Å². The van der Waals surface area contributed by atoms with Crippen molar-refractivity contribution >= 4 is 22.8 Å². The zero-order valence-electron chi connectivity index (χ0n) is 17.9. The Kier molecular flexibility index (Phi) is 5.67. The first-order chi connectivity index (χ1) is 14.3. The molecule has 0 unspecified atom stereocenters. The molecule has 2 heterocycles. The van der Waals surface area contributed by atoms with Gasteiger partial charge in [-0.15, -0.1) is 0 Å². The number of benzene rings is 1. The van der Waals surface area contributed by atoms with Crippen molar-refractivity contribution in [2.75, 3.05) is 6.54 Å². The highest BCUT2D eigenvalue weighted by Gasteiger charge is 2.39. The Labute approximate surface area is 176 Å². The lowest BCUT2D eigenvalue weighted by atomic mass is 9.95. The molecule has 1 aliphatic carbocycles. The third-order valence-corrected chi connectivity index (χ3v) is 6.47. The molecule has 0 spiro atoms. The van der Waals surface area contributed by atoms with Crippen molar-refractivity contribution in [1.82, 2.24) is 4.90 Å². The lowest BCUT2D eigenvalue weighted by Crippen LogP contribution is -2.35. The highest BCUT2D eigenvalue weighted by Crippen LogP contribution is 2.31. The monoisotopic (exact) mass is 411 g/mol. The van der Waals surface area contributed by atoms with E-state index in [1.165, 1.54) is 6.07 Å². The number of amides is 1. The number of carbonyl (C=O) groups is 2. The number of rotatable bonds is 5. The molecule has 1 saturated heterocycles. The second-order valence-corrected chi connectivity index (χ2v) is 8.94. The quantitative estimate of drug-likeness (QED) is 0.548. The Bertz CT molecular complexity index is 1030. The third-order valence-electron chi connectivity index (χ3n) is 6.47. The van der Waals surface area contributed by atoms with Crippen molar-refractivity contribution in [2.24, 2.45) is 5.92 Å². The van der Waals surface area contributed by atoms with E-state index < -0.39 is 11.5 Å². The van der Waals surface area contributed by atoms with E-state index in [4.69, 9.17) is 9.15 Å². The maximum atomic E-state index is 12.7. The Morgan fingerprint density at radius 3 is 2.63 bits per heavy atom. The smallest absolute Gasteiger partial charge is 0.336 e. The summed E-state index contributed by atoms with van der Waals surface area (Å²) in [6, 6.07) is 5.55. The van der Waals surface area contributed by atoms with E-state index in [-0.39, 0.29) is 30.9 Å². The van der Waals surface area contributed by atoms with Gasteiger partial charge in [0.15, 0.2) is 0 Å². The number of ether oxygens (including phenoxy) is 1. The summed E-state index contributed by atoms with van der Waals surface area (Å²) in [4.78, 5) is 38.9. The maximum absolute atomic E-state index is 12.7. The molecule has 0 bridgehead atoms. The molecular formula is C24H29NO5. The van der Waals surface area contributed by atoms with Crippen molar-refractivity contribution in [2.45, 2.75) is 71.4 Å². The van der Waals surface area contributed by atoms with Crippen molar-refractivity contribution < 1.29 is 18.7 Å². The fraction of sp³-hybridized carbons (Fsp3) is 0.542. The molecule has 160 valence electrons. The molecule has 4 rings (SSSR count). The minimum absolute atomic E-state index is 0.00432. The van der Waals surface area contributed by atoms with Gasteiger partial charge in [-0.3, -0.25) is 9.59 Å². The summed E-state index contributed by atoms with van der Waals surface area (Å²) in [6.07, 6.45) is 4.55. The topological polar surface area (TPSA) is 76.8 Å². The van der Waals surface area contributed by atoms with Crippen LogP contribution in [0.2, 0.25) is 0 Å². The van der Waals surface area contributed by atoms with Gasteiger partial charge >= 0.3 is 11.6 Å². The number of fused-ring (bicyclic) bond motifs is 1. The molecule has 2 fully saturated rings. The summed E-state index contributed by atoms with van der Waals surface area (Å²) in [5, 5.41) is 0.784. The van der Waals surface area contributed by atoms with Crippen molar-refractivity contribution in [3.8, 4) is 0 Å². The molecule has 1 amide bonds. The lowest BCUT2D eigenvalue weighted by Gasteiger charge is -2.23. The molecule has 0 N–H and O–H groups in total. The van der Waals surface area contributed by atoms with Gasteiger partial charge in [-0.1, -0.05) is 26.7 Å². The molecular weight excluding hydrogens is 382 g/mol. The summed E-state index contributed by atoms with van der Waals surface area (Å²) < 4.78 is 10.9. The molecule has 6 heteroatoms. The molecule has 1 saturated carbocycles. The molecule has 6 nitrogen and oxygen atoms in total. The van der Waals surface area contributed by atoms with Crippen LogP contribution in [0.4, 0.5) is 0 Å². The Hall–Kier alpha value is -2.63. The zero-order chi connectivity index (χ0) is 21.4. The molecule has 0 radical (unpaired) electrons. The van der Waals surface area contributed by atoms with E-state index in [1.54, 1.807) is 0 Å². The average molecular weight is 411 g/mol. The van der Waals surface area contributed by atoms with Crippen LogP contribution < -0.4 is 5.63 Å². The first kappa shape index (κ1) is 20.6. The maximum Gasteiger partial charge on any atom is 0.336 e. The predicted molar refractivity (Wildman–Crippen MR) is 113 cm³/mol. The number of likely N-dealkylation sites (tertiary alicyclic amines) is 1. The van der Waals surface area contributed by atoms with Gasteiger partial charge in [-0.25, -0.2) is 4.79 Å². The number of esters is 1. The average Bonchev–Trinajstić information content (AvgIpc) is 3.34. The van der Waals surface area contributed by atoms with E-state index in [9.17, 15) is 14.4 Å². The Balaban J connectivity index is 1.50. The summed E-state index contributed by atoms with van der Waals surface area (Å²) in [7, 11) is 0. The summed E-state index contributed by atoms with van der Waals surface area (Å²) in [5.41, 5.74) is 2.89. The van der Waals surface area contributed by atoms with Crippen LogP contribution in [0.3, 0.4) is 0 Å². The number of hydrogen-bond donors (Lipinski definition) is 0. The molecule has 1 aliphatic heterocycles. The number of nitrogens with zero attached hydrogens (tertiary/aromatic N) is 1. The van der Waals surface area contributed by atoms with E-state index in [0.717, 1.165) is 42.2 Å². The van der Waals surface area contributed by atoms with Crippen molar-refractivity contribution in [3.05, 3.63) is 45.3 Å². The molecule has 1 atom stereocenters. The van der Waals surface area contributed by atoms with Crippen LogP contribution in [0.5, 0.6) is 0 Å². The third kappa shape index (κ3) is 4.00. The van der Waals surface area contributed by atoms with Crippen molar-refractivity contribution in [3.63, 3.8) is 0 Å². The van der Waals surface area contributed by atoms with Crippen LogP contribution in [0.25, 0.3) is 11.0 Å². The van der Waals surface area contributed by atoms with Gasteiger partial charge in [0, 0.05) is 36.0 Å². The first-order valence-corrected chi connectivity index (χ1v) is 10.9. The second kappa shape index (κ2) is 8.25. The summed E-state index contributed by atoms with van der Waals surface area (Å²) in [5.74, 6) is -0.436. The van der Waals surface area contributed by atoms with Crippen LogP contribution in [0, 0.1) is 12.8 Å². The second-order valence-electron chi connectivity index (χ2n) is 8.94. The van der Waals surface area contributed by atoms with E-state index in [2.05, 4.69) is 13.8 Å². The highest BCUT2D eigenvalue weighted by atomic mass is 16.5. The van der Waals surface area contributed by atoms with E-state index >= 15 is 0 Å². The molecule has 30 heavy (non-hydrogen) atoms. The SMILES string of the molecule is Cc1cc2oc(=O)cc(COC(=O)[C@H]3CC(=O)N(C4CCCC4)C3)c2cc1C(C)C. The van der Waals surface area contributed by atoms with Gasteiger partial charge in [0.25, 0.3) is 0 Å². The minimum atomic E-state index is -0.464. The fourth-order valence-electron chi connectivity index (χ4n) is 4.86. The van der Waals surface area contributed by atoms with Crippen LogP contribution in [0.1, 0.15) is 68.6 Å². The molecule has 1 aromatic carbocycles. The van der Waals surface area contributed by atoms with Crippen LogP contribution >= 0.6 is 0 Å². The first-order valence-electron chi connectivity index (χ1n) is 10.9. The summed E-state index contributed by atoms with van der Waals surface area (Å²) >= 11 is 0. The molecule has 2 aliphatic rings. The van der Waals surface area contributed by atoms with Gasteiger partial charge in [-0.05, 0) is 48.9 Å². The van der Waals surface area contributed by atoms with Gasteiger partial charge < -0.3 is 14.1 Å². The van der Waals surface area contributed by atoms with E-state index in [1.807, 2.05) is 24.0 Å². The Morgan fingerprint density at radius 1 is 1.20 bits per heavy atom. The fourth-order valence-corrected chi connectivity index (χ4v) is 4.86. The van der Waals surface area contributed by atoms with Crippen LogP contribution in [0.15, 0.2) is 27.4 Å². The van der Waals surface area contributed by atoms with E-state index in [0.29, 0.717) is 23.6 Å². The van der Waals surface area contributed by atoms with Crippen LogP contribution in [-0.4, -0.2) is 29.4 Å². The predicted octanol–water partition coefficient (Wildman–Crippen LogP) is 4.06. The zero-order valence-corrected chi connectivity index (χ0v) is 17.9. The van der Waals surface area contributed by atoms with Crippen LogP contribution in [-0.2, 0) is 20.9 Å². The highest BCUT2D eigenvalue weighted by molar-refractivity contribution is 5.87. The van der Waals surface area contributed by atoms with Crippen molar-refractivity contribution in [1.29, 1.82) is 0 Å². The molecule has 2 aromatic rings. The normalized spacial score (nSPS) is 19.9. The largest absolute Gasteiger partial charge is 0.461 e. The van der Waals surface area contributed by atoms with Gasteiger partial charge in [-0.2, -0.15) is 0 Å². The minimum Gasteiger partial charge on any atom is -0.461 e. The van der Waals surface area contributed by atoms with Gasteiger partial charge in [0.2, 0.25) is 5.91 Å². The number of carbonyl (C=O) groups excluding carboxylic acids is 2. The summed E-state index contributed by atoms with van der Waals surface area (Å²) in [6.45, 7) is 6.65. The lowest BCUT2D eigenvalue weighted by molar-refractivity contribution is -0.149.